The topological polar surface area (TPSA) is 151 Å². The second-order valence-corrected chi connectivity index (χ2v) is 11.0. The average Bonchev–Trinajstić information content (AvgIpc) is 3.04. The van der Waals surface area contributed by atoms with Crippen LogP contribution in [0.1, 0.15) is 59.4 Å². The lowest BCUT2D eigenvalue weighted by molar-refractivity contribution is -0.119. The number of amides is 2. The molecule has 0 aliphatic carbocycles. The van der Waals surface area contributed by atoms with Gasteiger partial charge in [0.15, 0.2) is 0 Å². The van der Waals surface area contributed by atoms with E-state index in [-0.39, 0.29) is 18.2 Å². The molecule has 242 valence electrons. The van der Waals surface area contributed by atoms with Crippen molar-refractivity contribution in [2.75, 3.05) is 0 Å². The summed E-state index contributed by atoms with van der Waals surface area (Å²) in [5.74, 6) is -0.287. The number of nitriles is 1. The molecule has 3 atom stereocenters. The summed E-state index contributed by atoms with van der Waals surface area (Å²) >= 11 is 0. The molecule has 6 N–H and O–H groups in total. The molecule has 4 aromatic rings. The van der Waals surface area contributed by atoms with Gasteiger partial charge in [-0.3, -0.25) is 19.7 Å². The van der Waals surface area contributed by atoms with Gasteiger partial charge in [0.25, 0.3) is 0 Å². The third-order valence-corrected chi connectivity index (χ3v) is 6.79. The highest BCUT2D eigenvalue weighted by atomic mass is 35.5. The number of carbonyl (C=O) groups is 3. The first-order valence-corrected chi connectivity index (χ1v) is 14.6. The maximum absolute atomic E-state index is 10.9. The highest BCUT2D eigenvalue weighted by Gasteiger charge is 2.28. The van der Waals surface area contributed by atoms with Gasteiger partial charge in [0.1, 0.15) is 23.5 Å². The second-order valence-electron chi connectivity index (χ2n) is 11.0. The van der Waals surface area contributed by atoms with E-state index in [9.17, 15) is 19.6 Å². The van der Waals surface area contributed by atoms with Crippen LogP contribution in [-0.2, 0) is 27.2 Å². The third kappa shape index (κ3) is 14.3. The van der Waals surface area contributed by atoms with Crippen molar-refractivity contribution >= 4 is 30.5 Å². The molecule has 46 heavy (non-hydrogen) atoms. The molecule has 4 rings (SSSR count). The smallest absolute Gasteiger partial charge is 0.238 e. The van der Waals surface area contributed by atoms with Crippen LogP contribution in [0.15, 0.2) is 109 Å². The van der Waals surface area contributed by atoms with Crippen LogP contribution in [0, 0.1) is 25.2 Å². The lowest BCUT2D eigenvalue weighted by Gasteiger charge is -2.29. The van der Waals surface area contributed by atoms with E-state index in [4.69, 9.17) is 11.5 Å². The summed E-state index contributed by atoms with van der Waals surface area (Å²) in [4.78, 5) is 32.2. The number of Topliss-reactive ketones (excluding diaryl/α,β-unsaturated/α-hetero) is 1. The minimum atomic E-state index is -0.800. The summed E-state index contributed by atoms with van der Waals surface area (Å²) in [6.45, 7) is 7.53. The third-order valence-electron chi connectivity index (χ3n) is 6.79. The predicted octanol–water partition coefficient (Wildman–Crippen LogP) is 5.57. The minimum Gasteiger partial charge on any atom is -0.368 e. The summed E-state index contributed by atoms with van der Waals surface area (Å²) in [5.41, 5.74) is 15.9. The number of primary amides is 1. The number of carbonyl (C=O) groups excluding carboxylic acids is 3. The van der Waals surface area contributed by atoms with E-state index in [1.165, 1.54) is 11.1 Å². The van der Waals surface area contributed by atoms with Crippen LogP contribution in [0.2, 0.25) is 0 Å². The Morgan fingerprint density at radius 1 is 0.826 bits per heavy atom. The van der Waals surface area contributed by atoms with Crippen molar-refractivity contribution in [2.24, 2.45) is 11.5 Å². The Bertz CT molecular complexity index is 1530. The Kier molecular flexibility index (Phi) is 17.3. The first-order chi connectivity index (χ1) is 21.5. The van der Waals surface area contributed by atoms with Gasteiger partial charge in [0.05, 0.1) is 6.07 Å². The fraction of sp³-hybridized carbons (Fsp3) is 0.243. The van der Waals surface area contributed by atoms with Gasteiger partial charge in [-0.1, -0.05) is 120 Å². The van der Waals surface area contributed by atoms with Gasteiger partial charge in [0, 0.05) is 12.8 Å². The maximum atomic E-state index is 10.9. The molecular formula is C37H44ClN5O3. The Morgan fingerprint density at radius 3 is 1.70 bits per heavy atom. The Hall–Kier alpha value is -4.81. The Morgan fingerprint density at radius 2 is 1.28 bits per heavy atom. The zero-order chi connectivity index (χ0) is 33.2. The number of halogens is 1. The van der Waals surface area contributed by atoms with Crippen LogP contribution in [0.3, 0.4) is 0 Å². The molecule has 0 saturated heterocycles. The standard InChI is InChI=1S/C19H21N3O.C10H12O.C8H10N2O.ClH/c1-15-8-10-16(11-9-15)12-19(2,13-20)22-18(21-14-23)17-6-4-3-5-7-17;1-8-3-5-10(6-4-8)7-9(2)11;9-7(8(10)11)6-4-2-1-3-5-6;/h3-11,14,18,22H,12H2,1-2H3,(H,21,23);3-6H,7H2,1-2H3;1-5,7H,9H2,(H2,10,11);1H/t18-,19+;;;/m1.../s1. The lowest BCUT2D eigenvalue weighted by Crippen LogP contribution is -2.49. The summed E-state index contributed by atoms with van der Waals surface area (Å²) in [6.07, 6.45) is 1.34. The number of aryl methyl sites for hydroxylation is 2. The normalized spacial score (nSPS) is 12.4. The van der Waals surface area contributed by atoms with E-state index in [0.717, 1.165) is 22.3 Å². The number of rotatable bonds is 11. The zero-order valence-electron chi connectivity index (χ0n) is 26.8. The molecule has 0 heterocycles. The predicted molar refractivity (Wildman–Crippen MR) is 186 cm³/mol. The SMILES string of the molecule is CC(=O)Cc1ccc(C)cc1.Cc1ccc(C[C@@](C)(C#N)N[C@@H](NC=O)c2ccccc2)cc1.Cl.NC(=O)C(N)c1ccccc1. The Labute approximate surface area is 278 Å². The molecule has 0 aliphatic heterocycles. The molecule has 0 aliphatic rings. The van der Waals surface area contributed by atoms with Crippen molar-refractivity contribution in [2.45, 2.75) is 58.3 Å². The second kappa shape index (κ2) is 20.3. The first-order valence-electron chi connectivity index (χ1n) is 14.6. The zero-order valence-corrected chi connectivity index (χ0v) is 27.6. The van der Waals surface area contributed by atoms with Gasteiger partial charge in [-0.25, -0.2) is 0 Å². The highest BCUT2D eigenvalue weighted by Crippen LogP contribution is 2.19. The maximum Gasteiger partial charge on any atom is 0.238 e. The van der Waals surface area contributed by atoms with E-state index in [0.29, 0.717) is 19.3 Å². The number of ketones is 1. The van der Waals surface area contributed by atoms with Crippen molar-refractivity contribution < 1.29 is 14.4 Å². The van der Waals surface area contributed by atoms with E-state index in [1.54, 1.807) is 19.1 Å². The number of benzene rings is 4. The molecule has 0 fully saturated rings. The van der Waals surface area contributed by atoms with Crippen molar-refractivity contribution in [3.8, 4) is 6.07 Å². The van der Waals surface area contributed by atoms with Gasteiger partial charge in [-0.15, -0.1) is 12.4 Å². The number of nitrogens with zero attached hydrogens (tertiary/aromatic N) is 1. The van der Waals surface area contributed by atoms with Crippen LogP contribution in [0.4, 0.5) is 0 Å². The number of hydrogen-bond acceptors (Lipinski definition) is 6. The average molecular weight is 642 g/mol. The lowest BCUT2D eigenvalue weighted by atomic mass is 9.93. The number of nitrogens with two attached hydrogens (primary N) is 2. The monoisotopic (exact) mass is 641 g/mol. The van der Waals surface area contributed by atoms with Crippen molar-refractivity contribution in [1.29, 1.82) is 5.26 Å². The quantitative estimate of drug-likeness (QED) is 0.124. The van der Waals surface area contributed by atoms with Crippen molar-refractivity contribution in [3.63, 3.8) is 0 Å². The molecular weight excluding hydrogens is 598 g/mol. The number of nitrogens with one attached hydrogen (secondary N) is 2. The molecule has 4 aromatic carbocycles. The minimum absolute atomic E-state index is 0. The summed E-state index contributed by atoms with van der Waals surface area (Å²) < 4.78 is 0. The molecule has 0 radical (unpaired) electrons. The summed E-state index contributed by atoms with van der Waals surface area (Å²) in [7, 11) is 0. The summed E-state index contributed by atoms with van der Waals surface area (Å²) in [6, 6.07) is 36.4. The molecule has 0 spiro atoms. The summed E-state index contributed by atoms with van der Waals surface area (Å²) in [5, 5.41) is 15.6. The van der Waals surface area contributed by atoms with Gasteiger partial charge in [-0.2, -0.15) is 5.26 Å². The molecule has 1 unspecified atom stereocenters. The molecule has 0 saturated carbocycles. The molecule has 0 aromatic heterocycles. The fourth-order valence-corrected chi connectivity index (χ4v) is 4.31. The van der Waals surface area contributed by atoms with E-state index >= 15 is 0 Å². The molecule has 0 bridgehead atoms. The highest BCUT2D eigenvalue weighted by molar-refractivity contribution is 5.85. The van der Waals surface area contributed by atoms with Crippen LogP contribution in [0.5, 0.6) is 0 Å². The first kappa shape index (κ1) is 39.2. The van der Waals surface area contributed by atoms with E-state index in [1.807, 2.05) is 118 Å². The molecule has 2 amide bonds. The van der Waals surface area contributed by atoms with Gasteiger partial charge < -0.3 is 16.8 Å². The largest absolute Gasteiger partial charge is 0.368 e. The van der Waals surface area contributed by atoms with Crippen LogP contribution < -0.4 is 22.1 Å². The van der Waals surface area contributed by atoms with Crippen molar-refractivity contribution in [1.82, 2.24) is 10.6 Å². The Balaban J connectivity index is 0.000000385. The van der Waals surface area contributed by atoms with Crippen LogP contribution >= 0.6 is 12.4 Å². The number of hydrogen-bond donors (Lipinski definition) is 4. The van der Waals surface area contributed by atoms with Gasteiger partial charge in [-0.05, 0) is 49.9 Å². The fourth-order valence-electron chi connectivity index (χ4n) is 4.31. The van der Waals surface area contributed by atoms with Crippen molar-refractivity contribution in [3.05, 3.63) is 143 Å². The van der Waals surface area contributed by atoms with E-state index in [2.05, 4.69) is 16.7 Å². The van der Waals surface area contributed by atoms with E-state index < -0.39 is 23.7 Å². The van der Waals surface area contributed by atoms with Crippen LogP contribution in [-0.4, -0.2) is 23.6 Å². The van der Waals surface area contributed by atoms with Crippen LogP contribution in [0.25, 0.3) is 0 Å². The molecule has 9 heteroatoms. The van der Waals surface area contributed by atoms with Gasteiger partial charge in [0.2, 0.25) is 12.3 Å². The molecule has 8 nitrogen and oxygen atoms in total. The van der Waals surface area contributed by atoms with Gasteiger partial charge >= 0.3 is 0 Å².